The van der Waals surface area contributed by atoms with Gasteiger partial charge in [0.25, 0.3) is 0 Å². The average molecular weight is 340 g/mol. The molecule has 1 aromatic carbocycles. The number of primary amides is 1. The van der Waals surface area contributed by atoms with Crippen molar-refractivity contribution in [2.24, 2.45) is 5.73 Å². The molecule has 124 valence electrons. The first-order valence-electron chi connectivity index (χ1n) is 7.79. The van der Waals surface area contributed by atoms with E-state index < -0.39 is 5.91 Å². The predicted octanol–water partition coefficient (Wildman–Crippen LogP) is 3.95. The Morgan fingerprint density at radius 2 is 1.88 bits per heavy atom. The Bertz CT molecular complexity index is 791. The van der Waals surface area contributed by atoms with Gasteiger partial charge >= 0.3 is 0 Å². The molecular formula is C19H20N2O2S. The van der Waals surface area contributed by atoms with Crippen LogP contribution in [-0.2, 0) is 19.6 Å². The lowest BCUT2D eigenvalue weighted by molar-refractivity contribution is 0.100. The average Bonchev–Trinajstić information content (AvgIpc) is 3.20. The van der Waals surface area contributed by atoms with Gasteiger partial charge in [-0.05, 0) is 48.9 Å². The highest BCUT2D eigenvalue weighted by Gasteiger charge is 2.11. The maximum Gasteiger partial charge on any atom is 0.248 e. The zero-order chi connectivity index (χ0) is 16.9. The molecule has 2 N–H and O–H groups in total. The number of furan rings is 1. The van der Waals surface area contributed by atoms with Crippen LogP contribution in [-0.4, -0.2) is 10.8 Å². The number of amides is 1. The van der Waals surface area contributed by atoms with Gasteiger partial charge in [-0.15, -0.1) is 11.3 Å². The minimum Gasteiger partial charge on any atom is -0.468 e. The van der Waals surface area contributed by atoms with E-state index in [0.717, 1.165) is 31.0 Å². The molecular weight excluding hydrogens is 320 g/mol. The van der Waals surface area contributed by atoms with Gasteiger partial charge in [-0.25, -0.2) is 0 Å². The fourth-order valence-electron chi connectivity index (χ4n) is 2.61. The third-order valence-electron chi connectivity index (χ3n) is 3.78. The molecule has 0 fully saturated rings. The normalized spacial score (nSPS) is 11.1. The van der Waals surface area contributed by atoms with E-state index in [1.807, 2.05) is 35.6 Å². The molecule has 0 aliphatic carbocycles. The lowest BCUT2D eigenvalue weighted by atomic mass is 10.1. The van der Waals surface area contributed by atoms with Crippen LogP contribution in [0.3, 0.4) is 0 Å². The van der Waals surface area contributed by atoms with Crippen molar-refractivity contribution in [3.05, 3.63) is 81.4 Å². The lowest BCUT2D eigenvalue weighted by Crippen LogP contribution is -2.21. The van der Waals surface area contributed by atoms with E-state index in [9.17, 15) is 4.79 Å². The van der Waals surface area contributed by atoms with Gasteiger partial charge in [0, 0.05) is 28.4 Å². The third-order valence-corrected chi connectivity index (χ3v) is 4.77. The molecule has 24 heavy (non-hydrogen) atoms. The number of hydrogen-bond donors (Lipinski definition) is 1. The Hall–Kier alpha value is -2.37. The van der Waals surface area contributed by atoms with Gasteiger partial charge in [0.05, 0.1) is 12.8 Å². The van der Waals surface area contributed by atoms with Crippen LogP contribution < -0.4 is 5.73 Å². The van der Waals surface area contributed by atoms with E-state index in [4.69, 9.17) is 10.2 Å². The number of carbonyl (C=O) groups excluding carboxylic acids is 1. The Labute approximate surface area is 145 Å². The minimum absolute atomic E-state index is 0.400. The molecule has 0 saturated heterocycles. The Morgan fingerprint density at radius 3 is 2.46 bits per heavy atom. The molecule has 0 saturated carbocycles. The van der Waals surface area contributed by atoms with Gasteiger partial charge in [0.15, 0.2) is 0 Å². The Kier molecular flexibility index (Phi) is 5.13. The van der Waals surface area contributed by atoms with E-state index in [0.29, 0.717) is 5.56 Å². The quantitative estimate of drug-likeness (QED) is 0.708. The molecule has 5 heteroatoms. The van der Waals surface area contributed by atoms with Gasteiger partial charge in [-0.2, -0.15) is 0 Å². The third kappa shape index (κ3) is 4.34. The highest BCUT2D eigenvalue weighted by Crippen LogP contribution is 2.20. The number of aryl methyl sites for hydroxylation is 1. The monoisotopic (exact) mass is 340 g/mol. The molecule has 1 amide bonds. The highest BCUT2D eigenvalue weighted by atomic mass is 32.1. The molecule has 0 spiro atoms. The molecule has 3 aromatic rings. The highest BCUT2D eigenvalue weighted by molar-refractivity contribution is 7.11. The van der Waals surface area contributed by atoms with Crippen molar-refractivity contribution in [2.75, 3.05) is 0 Å². The summed E-state index contributed by atoms with van der Waals surface area (Å²) >= 11 is 1.81. The van der Waals surface area contributed by atoms with E-state index >= 15 is 0 Å². The maximum atomic E-state index is 11.2. The van der Waals surface area contributed by atoms with Gasteiger partial charge in [0.2, 0.25) is 5.91 Å². The van der Waals surface area contributed by atoms with Crippen LogP contribution >= 0.6 is 11.3 Å². The molecule has 0 unspecified atom stereocenters. The summed E-state index contributed by atoms with van der Waals surface area (Å²) in [7, 11) is 0. The second-order valence-electron chi connectivity index (χ2n) is 5.80. The first kappa shape index (κ1) is 16.5. The van der Waals surface area contributed by atoms with Gasteiger partial charge < -0.3 is 10.2 Å². The molecule has 0 bridgehead atoms. The van der Waals surface area contributed by atoms with Gasteiger partial charge in [0.1, 0.15) is 5.76 Å². The zero-order valence-electron chi connectivity index (χ0n) is 13.6. The van der Waals surface area contributed by atoms with Crippen LogP contribution in [0.1, 0.15) is 31.4 Å². The van der Waals surface area contributed by atoms with Crippen LogP contribution in [0.15, 0.2) is 59.2 Å². The van der Waals surface area contributed by atoms with Crippen LogP contribution in [0, 0.1) is 6.92 Å². The lowest BCUT2D eigenvalue weighted by Gasteiger charge is -2.21. The smallest absolute Gasteiger partial charge is 0.248 e. The number of carbonyl (C=O) groups is 1. The number of rotatable bonds is 7. The van der Waals surface area contributed by atoms with Crippen molar-refractivity contribution in [3.63, 3.8) is 0 Å². The van der Waals surface area contributed by atoms with Crippen LogP contribution in [0.25, 0.3) is 0 Å². The van der Waals surface area contributed by atoms with Crippen molar-refractivity contribution in [2.45, 2.75) is 26.6 Å². The second kappa shape index (κ2) is 7.47. The van der Waals surface area contributed by atoms with Crippen molar-refractivity contribution < 1.29 is 9.21 Å². The Morgan fingerprint density at radius 1 is 1.08 bits per heavy atom. The predicted molar refractivity (Wildman–Crippen MR) is 95.7 cm³/mol. The topological polar surface area (TPSA) is 59.5 Å². The van der Waals surface area contributed by atoms with Crippen molar-refractivity contribution >= 4 is 17.2 Å². The molecule has 0 atom stereocenters. The molecule has 2 heterocycles. The first-order chi connectivity index (χ1) is 11.6. The van der Waals surface area contributed by atoms with Crippen molar-refractivity contribution in [1.29, 1.82) is 0 Å². The van der Waals surface area contributed by atoms with Gasteiger partial charge in [-0.3, -0.25) is 9.69 Å². The second-order valence-corrected chi connectivity index (χ2v) is 7.17. The van der Waals surface area contributed by atoms with Crippen molar-refractivity contribution in [3.8, 4) is 0 Å². The molecule has 4 nitrogen and oxygen atoms in total. The van der Waals surface area contributed by atoms with Crippen LogP contribution in [0.5, 0.6) is 0 Å². The molecule has 0 radical (unpaired) electrons. The van der Waals surface area contributed by atoms with Crippen LogP contribution in [0.4, 0.5) is 0 Å². The summed E-state index contributed by atoms with van der Waals surface area (Å²) < 4.78 is 5.50. The maximum absolute atomic E-state index is 11.2. The van der Waals surface area contributed by atoms with Crippen molar-refractivity contribution in [1.82, 2.24) is 4.90 Å². The standard InChI is InChI=1S/C19H20N2O2S/c1-14-4-9-18(24-14)13-21(12-17-3-2-10-23-17)11-15-5-7-16(8-6-15)19(20)22/h2-10H,11-13H2,1H3,(H2,20,22). The van der Waals surface area contributed by atoms with Crippen LogP contribution in [0.2, 0.25) is 0 Å². The minimum atomic E-state index is -0.400. The Balaban J connectivity index is 1.74. The van der Waals surface area contributed by atoms with Gasteiger partial charge in [-0.1, -0.05) is 12.1 Å². The fourth-order valence-corrected chi connectivity index (χ4v) is 3.55. The van der Waals surface area contributed by atoms with E-state index in [2.05, 4.69) is 24.0 Å². The number of nitrogens with two attached hydrogens (primary N) is 1. The summed E-state index contributed by atoms with van der Waals surface area (Å²) in [5.74, 6) is 0.542. The molecule has 3 rings (SSSR count). The summed E-state index contributed by atoms with van der Waals surface area (Å²) in [4.78, 5) is 16.2. The van der Waals surface area contributed by atoms with E-state index in [-0.39, 0.29) is 0 Å². The molecule has 2 aromatic heterocycles. The number of thiophene rings is 1. The number of nitrogens with zero attached hydrogens (tertiary/aromatic N) is 1. The molecule has 0 aliphatic rings. The molecule has 0 aliphatic heterocycles. The SMILES string of the molecule is Cc1ccc(CN(Cc2ccc(C(N)=O)cc2)Cc2ccco2)s1. The first-order valence-corrected chi connectivity index (χ1v) is 8.60. The summed E-state index contributed by atoms with van der Waals surface area (Å²) in [5.41, 5.74) is 6.97. The fraction of sp³-hybridized carbons (Fsp3) is 0.211. The largest absolute Gasteiger partial charge is 0.468 e. The summed E-state index contributed by atoms with van der Waals surface area (Å²) in [6.45, 7) is 4.49. The zero-order valence-corrected chi connectivity index (χ0v) is 14.4. The van der Waals surface area contributed by atoms with E-state index in [1.165, 1.54) is 9.75 Å². The van der Waals surface area contributed by atoms with E-state index in [1.54, 1.807) is 18.4 Å². The summed E-state index contributed by atoms with van der Waals surface area (Å²) in [6, 6.07) is 15.7. The summed E-state index contributed by atoms with van der Waals surface area (Å²) in [6.07, 6.45) is 1.70. The summed E-state index contributed by atoms with van der Waals surface area (Å²) in [5, 5.41) is 0. The number of hydrogen-bond acceptors (Lipinski definition) is 4. The number of benzene rings is 1.